The van der Waals surface area contributed by atoms with Crippen LogP contribution in [0.3, 0.4) is 0 Å². The molecule has 154 valence electrons. The molecule has 0 aliphatic carbocycles. The van der Waals surface area contributed by atoms with Gasteiger partial charge in [-0.05, 0) is 55.0 Å². The van der Waals surface area contributed by atoms with E-state index in [1.54, 1.807) is 48.9 Å². The first-order valence-corrected chi connectivity index (χ1v) is 9.28. The number of carbonyl (C=O) groups excluding carboxylic acids is 1. The zero-order valence-electron chi connectivity index (χ0n) is 16.3. The Labute approximate surface area is 176 Å². The van der Waals surface area contributed by atoms with Crippen molar-refractivity contribution in [2.75, 3.05) is 5.32 Å². The second kappa shape index (κ2) is 8.66. The molecule has 1 amide bonds. The van der Waals surface area contributed by atoms with Crippen molar-refractivity contribution in [3.05, 3.63) is 95.9 Å². The Kier molecular flexibility index (Phi) is 5.61. The molecule has 31 heavy (non-hydrogen) atoms. The van der Waals surface area contributed by atoms with Gasteiger partial charge >= 0.3 is 6.01 Å². The van der Waals surface area contributed by atoms with Crippen molar-refractivity contribution in [2.45, 2.75) is 6.92 Å². The van der Waals surface area contributed by atoms with Crippen molar-refractivity contribution in [1.82, 2.24) is 15.0 Å². The van der Waals surface area contributed by atoms with E-state index in [4.69, 9.17) is 4.74 Å². The van der Waals surface area contributed by atoms with E-state index in [2.05, 4.69) is 20.3 Å². The molecule has 2 heterocycles. The Morgan fingerprint density at radius 1 is 1.00 bits per heavy atom. The van der Waals surface area contributed by atoms with E-state index >= 15 is 0 Å². The smallest absolute Gasteiger partial charge is 0.322 e. The van der Waals surface area contributed by atoms with Gasteiger partial charge in [0.2, 0.25) is 0 Å². The van der Waals surface area contributed by atoms with Gasteiger partial charge in [-0.15, -0.1) is 0 Å². The first-order chi connectivity index (χ1) is 15.0. The van der Waals surface area contributed by atoms with Crippen LogP contribution in [0.2, 0.25) is 0 Å². The zero-order chi connectivity index (χ0) is 21.8. The summed E-state index contributed by atoms with van der Waals surface area (Å²) in [6, 6.07) is 13.5. The van der Waals surface area contributed by atoms with Crippen LogP contribution in [0, 0.1) is 18.6 Å². The molecule has 0 spiro atoms. The minimum atomic E-state index is -1.09. The van der Waals surface area contributed by atoms with E-state index in [1.807, 2.05) is 13.0 Å². The molecular formula is C23H16F2N4O2. The third kappa shape index (κ3) is 4.69. The maximum absolute atomic E-state index is 13.4. The number of pyridine rings is 1. The summed E-state index contributed by atoms with van der Waals surface area (Å²) in [5, 5.41) is 2.64. The topological polar surface area (TPSA) is 77.0 Å². The van der Waals surface area contributed by atoms with Crippen LogP contribution in [0.1, 0.15) is 15.9 Å². The highest BCUT2D eigenvalue weighted by molar-refractivity contribution is 6.04. The standard InChI is InChI=1S/C23H16F2N4O2/c1-14-4-6-17(28-22(30)15-5-7-18(24)19(25)11-15)12-21(14)31-23-27-10-8-20(29-23)16-3-2-9-26-13-16/h2-13H,1H3,(H,28,30). The first-order valence-electron chi connectivity index (χ1n) is 9.28. The molecule has 0 atom stereocenters. The summed E-state index contributed by atoms with van der Waals surface area (Å²) in [7, 11) is 0. The lowest BCUT2D eigenvalue weighted by Gasteiger charge is -2.11. The number of nitrogens with zero attached hydrogens (tertiary/aromatic N) is 3. The number of hydrogen-bond donors (Lipinski definition) is 1. The Bertz CT molecular complexity index is 1250. The van der Waals surface area contributed by atoms with Gasteiger partial charge in [-0.2, -0.15) is 4.98 Å². The number of benzene rings is 2. The van der Waals surface area contributed by atoms with Gasteiger partial charge < -0.3 is 10.1 Å². The molecule has 4 rings (SSSR count). The quantitative estimate of drug-likeness (QED) is 0.484. The second-order valence-electron chi connectivity index (χ2n) is 6.63. The van der Waals surface area contributed by atoms with Crippen LogP contribution in [0.25, 0.3) is 11.3 Å². The van der Waals surface area contributed by atoms with E-state index in [9.17, 15) is 13.6 Å². The highest BCUT2D eigenvalue weighted by Crippen LogP contribution is 2.27. The number of anilines is 1. The van der Waals surface area contributed by atoms with Crippen molar-refractivity contribution >= 4 is 11.6 Å². The van der Waals surface area contributed by atoms with Gasteiger partial charge in [-0.1, -0.05) is 6.07 Å². The van der Waals surface area contributed by atoms with Crippen LogP contribution in [0.5, 0.6) is 11.8 Å². The molecule has 2 aromatic carbocycles. The van der Waals surface area contributed by atoms with Crippen LogP contribution < -0.4 is 10.1 Å². The number of aromatic nitrogens is 3. The molecule has 0 aliphatic rings. The summed E-state index contributed by atoms with van der Waals surface area (Å²) < 4.78 is 32.3. The lowest BCUT2D eigenvalue weighted by atomic mass is 10.1. The lowest BCUT2D eigenvalue weighted by Crippen LogP contribution is -2.12. The molecule has 4 aromatic rings. The summed E-state index contributed by atoms with van der Waals surface area (Å²) in [6.07, 6.45) is 4.94. The highest BCUT2D eigenvalue weighted by atomic mass is 19.2. The van der Waals surface area contributed by atoms with Crippen molar-refractivity contribution in [3.63, 3.8) is 0 Å². The fourth-order valence-corrected chi connectivity index (χ4v) is 2.79. The molecule has 0 saturated heterocycles. The molecule has 2 aromatic heterocycles. The van der Waals surface area contributed by atoms with Crippen LogP contribution in [-0.4, -0.2) is 20.9 Å². The van der Waals surface area contributed by atoms with Crippen LogP contribution >= 0.6 is 0 Å². The van der Waals surface area contributed by atoms with Gasteiger partial charge in [0.25, 0.3) is 5.91 Å². The zero-order valence-corrected chi connectivity index (χ0v) is 16.3. The molecule has 0 bridgehead atoms. The minimum Gasteiger partial charge on any atom is -0.424 e. The van der Waals surface area contributed by atoms with E-state index in [0.717, 1.165) is 23.3 Å². The highest BCUT2D eigenvalue weighted by Gasteiger charge is 2.12. The molecular weight excluding hydrogens is 402 g/mol. The number of amides is 1. The molecule has 0 saturated carbocycles. The predicted octanol–water partition coefficient (Wildman–Crippen LogP) is 5.17. The Hall–Kier alpha value is -4.20. The summed E-state index contributed by atoms with van der Waals surface area (Å²) in [5.41, 5.74) is 2.67. The largest absolute Gasteiger partial charge is 0.424 e. The maximum Gasteiger partial charge on any atom is 0.322 e. The molecule has 6 nitrogen and oxygen atoms in total. The van der Waals surface area contributed by atoms with Crippen molar-refractivity contribution in [1.29, 1.82) is 0 Å². The van der Waals surface area contributed by atoms with Crippen LogP contribution in [-0.2, 0) is 0 Å². The molecule has 1 N–H and O–H groups in total. The lowest BCUT2D eigenvalue weighted by molar-refractivity contribution is 0.102. The second-order valence-corrected chi connectivity index (χ2v) is 6.63. The average molecular weight is 418 g/mol. The normalized spacial score (nSPS) is 10.5. The fourth-order valence-electron chi connectivity index (χ4n) is 2.79. The molecule has 0 radical (unpaired) electrons. The van der Waals surface area contributed by atoms with Gasteiger partial charge in [0.15, 0.2) is 11.6 Å². The molecule has 8 heteroatoms. The minimum absolute atomic E-state index is 0.00514. The average Bonchev–Trinajstić information content (AvgIpc) is 2.78. The number of aryl methyl sites for hydroxylation is 1. The number of ether oxygens (including phenoxy) is 1. The Morgan fingerprint density at radius 3 is 2.65 bits per heavy atom. The van der Waals surface area contributed by atoms with Crippen molar-refractivity contribution < 1.29 is 18.3 Å². The monoisotopic (exact) mass is 418 g/mol. The van der Waals surface area contributed by atoms with Gasteiger partial charge in [-0.25, -0.2) is 13.8 Å². The maximum atomic E-state index is 13.4. The SMILES string of the molecule is Cc1ccc(NC(=O)c2ccc(F)c(F)c2)cc1Oc1nccc(-c2cccnc2)n1. The van der Waals surface area contributed by atoms with Gasteiger partial charge in [0, 0.05) is 41.5 Å². The fraction of sp³-hybridized carbons (Fsp3) is 0.0435. The third-order valence-corrected chi connectivity index (χ3v) is 4.42. The molecule has 0 unspecified atom stereocenters. The molecule has 0 aliphatic heterocycles. The number of hydrogen-bond acceptors (Lipinski definition) is 5. The summed E-state index contributed by atoms with van der Waals surface area (Å²) >= 11 is 0. The van der Waals surface area contributed by atoms with Crippen molar-refractivity contribution in [3.8, 4) is 23.0 Å². The summed E-state index contributed by atoms with van der Waals surface area (Å²) in [6.45, 7) is 1.83. The van der Waals surface area contributed by atoms with E-state index in [-0.39, 0.29) is 11.6 Å². The molecule has 0 fully saturated rings. The van der Waals surface area contributed by atoms with E-state index in [0.29, 0.717) is 17.1 Å². The van der Waals surface area contributed by atoms with Gasteiger partial charge in [-0.3, -0.25) is 9.78 Å². The van der Waals surface area contributed by atoms with Crippen molar-refractivity contribution in [2.24, 2.45) is 0 Å². The van der Waals surface area contributed by atoms with Gasteiger partial charge in [0.05, 0.1) is 5.69 Å². The van der Waals surface area contributed by atoms with Gasteiger partial charge in [0.1, 0.15) is 5.75 Å². The summed E-state index contributed by atoms with van der Waals surface area (Å²) in [4.78, 5) is 25.0. The summed E-state index contributed by atoms with van der Waals surface area (Å²) in [5.74, 6) is -2.25. The van der Waals surface area contributed by atoms with Crippen LogP contribution in [0.15, 0.2) is 73.2 Å². The first kappa shape index (κ1) is 20.1. The number of nitrogens with one attached hydrogen (secondary N) is 1. The predicted molar refractivity (Wildman–Crippen MR) is 111 cm³/mol. The third-order valence-electron chi connectivity index (χ3n) is 4.42. The number of halogens is 2. The Balaban J connectivity index is 1.54. The Morgan fingerprint density at radius 2 is 1.87 bits per heavy atom. The number of rotatable bonds is 5. The number of carbonyl (C=O) groups is 1. The van der Waals surface area contributed by atoms with E-state index < -0.39 is 17.5 Å². The van der Waals surface area contributed by atoms with Crippen LogP contribution in [0.4, 0.5) is 14.5 Å². The van der Waals surface area contributed by atoms with E-state index in [1.165, 1.54) is 6.07 Å².